The lowest BCUT2D eigenvalue weighted by Gasteiger charge is -2.27. The molecule has 4 heterocycles. The minimum absolute atomic E-state index is 0.0593. The molecule has 0 aromatic carbocycles. The Kier molecular flexibility index (Phi) is 3.57. The van der Waals surface area contributed by atoms with E-state index in [0.717, 1.165) is 25.7 Å². The Morgan fingerprint density at radius 2 is 2.04 bits per heavy atom. The number of rotatable bonds is 2. The van der Waals surface area contributed by atoms with Crippen molar-refractivity contribution in [3.05, 3.63) is 17.0 Å². The Morgan fingerprint density at radius 3 is 2.81 bits per heavy atom. The minimum atomic E-state index is -4.46. The van der Waals surface area contributed by atoms with Crippen LogP contribution < -0.4 is 4.90 Å². The van der Waals surface area contributed by atoms with Crippen LogP contribution in [0.15, 0.2) is 0 Å². The number of aliphatic hydroxyl groups is 1. The first-order valence-corrected chi connectivity index (χ1v) is 9.42. The molecule has 3 fully saturated rings. The van der Waals surface area contributed by atoms with E-state index in [0.29, 0.717) is 31.6 Å². The number of ether oxygens (including phenoxy) is 1. The van der Waals surface area contributed by atoms with Gasteiger partial charge < -0.3 is 14.7 Å². The molecule has 1 aliphatic carbocycles. The van der Waals surface area contributed by atoms with E-state index in [-0.39, 0.29) is 41.7 Å². The third kappa shape index (κ3) is 2.30. The van der Waals surface area contributed by atoms with Gasteiger partial charge >= 0.3 is 6.18 Å². The highest BCUT2D eigenvalue weighted by molar-refractivity contribution is 5.42. The average Bonchev–Trinajstić information content (AvgIpc) is 3.27. The second-order valence-electron chi connectivity index (χ2n) is 8.10. The summed E-state index contributed by atoms with van der Waals surface area (Å²) in [7, 11) is 0. The average molecular weight is 369 g/mol. The molecule has 3 aliphatic heterocycles. The molecule has 0 amide bonds. The number of aromatic nitrogens is 2. The van der Waals surface area contributed by atoms with E-state index in [9.17, 15) is 18.3 Å². The molecule has 26 heavy (non-hydrogen) atoms. The molecule has 142 valence electrons. The van der Waals surface area contributed by atoms with Gasteiger partial charge in [-0.3, -0.25) is 0 Å². The molecule has 1 N–H and O–H groups in total. The Balaban J connectivity index is 1.52. The van der Waals surface area contributed by atoms with E-state index in [1.54, 1.807) is 0 Å². The molecular formula is C18H22F3N3O2. The topological polar surface area (TPSA) is 58.5 Å². The monoisotopic (exact) mass is 369 g/mol. The van der Waals surface area contributed by atoms with E-state index in [4.69, 9.17) is 4.74 Å². The highest BCUT2D eigenvalue weighted by atomic mass is 19.4. The summed E-state index contributed by atoms with van der Waals surface area (Å²) >= 11 is 0. The van der Waals surface area contributed by atoms with Gasteiger partial charge in [-0.05, 0) is 38.5 Å². The number of nitrogens with zero attached hydrogens (tertiary/aromatic N) is 3. The Hall–Kier alpha value is -1.41. The third-order valence-corrected chi connectivity index (χ3v) is 6.72. The molecule has 8 heteroatoms. The first-order chi connectivity index (χ1) is 12.4. The van der Waals surface area contributed by atoms with Crippen molar-refractivity contribution in [3.8, 4) is 0 Å². The van der Waals surface area contributed by atoms with Crippen LogP contribution >= 0.6 is 0 Å². The summed E-state index contributed by atoms with van der Waals surface area (Å²) in [5.41, 5.74) is -0.298. The van der Waals surface area contributed by atoms with Crippen molar-refractivity contribution < 1.29 is 23.0 Å². The molecule has 2 bridgehead atoms. The highest BCUT2D eigenvalue weighted by Crippen LogP contribution is 2.55. The standard InChI is InChI=1S/C18H22F3N3O2/c19-18(20,21)15-10-3-1-2-4-13(10)22-16(23-15)24-7-12-11(8-25)14-5-6-17(12,9-24)26-14/h11-12,14,25H,1-9H2/t11-,12+,14+,17+/m0/s1. The second kappa shape index (κ2) is 5.55. The summed E-state index contributed by atoms with van der Waals surface area (Å²) in [4.78, 5) is 10.3. The van der Waals surface area contributed by atoms with Gasteiger partial charge in [-0.1, -0.05) is 0 Å². The molecule has 0 saturated carbocycles. The van der Waals surface area contributed by atoms with Crippen molar-refractivity contribution in [1.82, 2.24) is 9.97 Å². The van der Waals surface area contributed by atoms with E-state index in [2.05, 4.69) is 9.97 Å². The van der Waals surface area contributed by atoms with Crippen LogP contribution in [0.1, 0.15) is 42.6 Å². The van der Waals surface area contributed by atoms with Crippen molar-refractivity contribution >= 4 is 5.95 Å². The van der Waals surface area contributed by atoms with E-state index >= 15 is 0 Å². The molecular weight excluding hydrogens is 347 g/mol. The Morgan fingerprint density at radius 1 is 1.23 bits per heavy atom. The van der Waals surface area contributed by atoms with Gasteiger partial charge in [0.25, 0.3) is 0 Å². The van der Waals surface area contributed by atoms with Crippen molar-refractivity contribution in [2.75, 3.05) is 24.6 Å². The summed E-state index contributed by atoms with van der Waals surface area (Å²) < 4.78 is 46.9. The zero-order valence-electron chi connectivity index (χ0n) is 14.4. The first kappa shape index (κ1) is 16.7. The molecule has 1 aromatic heterocycles. The van der Waals surface area contributed by atoms with Gasteiger partial charge in [-0.15, -0.1) is 0 Å². The predicted octanol–water partition coefficient (Wildman–Crippen LogP) is 2.35. The number of halogens is 3. The van der Waals surface area contributed by atoms with Crippen molar-refractivity contribution in [2.45, 2.75) is 56.4 Å². The Labute approximate surface area is 149 Å². The summed E-state index contributed by atoms with van der Waals surface area (Å²) in [5.74, 6) is 0.374. The molecule has 5 nitrogen and oxygen atoms in total. The van der Waals surface area contributed by atoms with Crippen molar-refractivity contribution in [3.63, 3.8) is 0 Å². The van der Waals surface area contributed by atoms with Gasteiger partial charge in [0.05, 0.1) is 18.2 Å². The van der Waals surface area contributed by atoms with Crippen LogP contribution in [0.5, 0.6) is 0 Å². The van der Waals surface area contributed by atoms with Gasteiger partial charge in [0.1, 0.15) is 0 Å². The van der Waals surface area contributed by atoms with Gasteiger partial charge in [-0.25, -0.2) is 9.97 Å². The molecule has 1 spiro atoms. The number of hydrogen-bond donors (Lipinski definition) is 1. The van der Waals surface area contributed by atoms with Gasteiger partial charge in [0.2, 0.25) is 5.95 Å². The summed E-state index contributed by atoms with van der Waals surface area (Å²) in [5, 5.41) is 9.72. The highest BCUT2D eigenvalue weighted by Gasteiger charge is 2.63. The minimum Gasteiger partial charge on any atom is -0.396 e. The summed E-state index contributed by atoms with van der Waals surface area (Å²) in [6.07, 6.45) is 0.0208. The quantitative estimate of drug-likeness (QED) is 0.867. The fraction of sp³-hybridized carbons (Fsp3) is 0.778. The fourth-order valence-corrected chi connectivity index (χ4v) is 5.54. The molecule has 1 aromatic rings. The van der Waals surface area contributed by atoms with Gasteiger partial charge in [-0.2, -0.15) is 13.2 Å². The number of aliphatic hydroxyl groups excluding tert-OH is 1. The molecule has 5 rings (SSSR count). The second-order valence-corrected chi connectivity index (χ2v) is 8.10. The van der Waals surface area contributed by atoms with Crippen LogP contribution in [-0.2, 0) is 23.8 Å². The zero-order valence-corrected chi connectivity index (χ0v) is 14.4. The molecule has 3 saturated heterocycles. The molecule has 0 unspecified atom stereocenters. The van der Waals surface area contributed by atoms with Crippen LogP contribution in [0.4, 0.5) is 19.1 Å². The smallest absolute Gasteiger partial charge is 0.396 e. The number of anilines is 1. The van der Waals surface area contributed by atoms with Crippen LogP contribution in [0, 0.1) is 11.8 Å². The Bertz CT molecular complexity index is 741. The summed E-state index contributed by atoms with van der Waals surface area (Å²) in [6, 6.07) is 0. The molecule has 4 atom stereocenters. The number of fused-ring (bicyclic) bond motifs is 2. The summed E-state index contributed by atoms with van der Waals surface area (Å²) in [6.45, 7) is 1.13. The normalized spacial score (nSPS) is 35.7. The number of alkyl halides is 3. The lowest BCUT2D eigenvalue weighted by molar-refractivity contribution is -0.142. The van der Waals surface area contributed by atoms with Crippen molar-refractivity contribution in [2.24, 2.45) is 11.8 Å². The first-order valence-electron chi connectivity index (χ1n) is 9.42. The lowest BCUT2D eigenvalue weighted by Crippen LogP contribution is -2.38. The largest absolute Gasteiger partial charge is 0.433 e. The fourth-order valence-electron chi connectivity index (χ4n) is 5.54. The van der Waals surface area contributed by atoms with Gasteiger partial charge in [0, 0.05) is 36.2 Å². The maximum atomic E-state index is 13.6. The molecule has 4 aliphatic rings. The van der Waals surface area contributed by atoms with Crippen molar-refractivity contribution in [1.29, 1.82) is 0 Å². The maximum Gasteiger partial charge on any atom is 0.433 e. The third-order valence-electron chi connectivity index (χ3n) is 6.72. The SMILES string of the molecule is OC[C@H]1[C@H]2CN(c3nc4c(c(C(F)(F)F)n3)CCCC4)C[C@]23CC[C@H]1O3. The number of aryl methyl sites for hydroxylation is 1. The molecule has 0 radical (unpaired) electrons. The van der Waals surface area contributed by atoms with Crippen LogP contribution in [0.3, 0.4) is 0 Å². The van der Waals surface area contributed by atoms with E-state index < -0.39 is 11.9 Å². The van der Waals surface area contributed by atoms with Gasteiger partial charge in [0.15, 0.2) is 5.69 Å². The van der Waals surface area contributed by atoms with E-state index in [1.165, 1.54) is 0 Å². The predicted molar refractivity (Wildman–Crippen MR) is 86.8 cm³/mol. The van der Waals surface area contributed by atoms with Crippen LogP contribution in [0.25, 0.3) is 0 Å². The van der Waals surface area contributed by atoms with Crippen LogP contribution in [-0.4, -0.2) is 46.5 Å². The number of hydrogen-bond acceptors (Lipinski definition) is 5. The van der Waals surface area contributed by atoms with E-state index in [1.807, 2.05) is 4.90 Å². The zero-order chi connectivity index (χ0) is 18.1. The lowest BCUT2D eigenvalue weighted by atomic mass is 9.74. The maximum absolute atomic E-state index is 13.6. The van der Waals surface area contributed by atoms with Crippen LogP contribution in [0.2, 0.25) is 0 Å².